The molecule has 1 aromatic rings. The quantitative estimate of drug-likeness (QED) is 0.670. The number of anilines is 1. The van der Waals surface area contributed by atoms with Crippen LogP contribution in [0, 0.1) is 17.0 Å². The zero-order valence-electron chi connectivity index (χ0n) is 11.7. The van der Waals surface area contributed by atoms with Gasteiger partial charge < -0.3 is 5.43 Å². The van der Waals surface area contributed by atoms with Gasteiger partial charge in [0.25, 0.3) is 5.69 Å². The largest absolute Gasteiger partial charge is 0.312 e. The van der Waals surface area contributed by atoms with Crippen molar-refractivity contribution < 1.29 is 4.92 Å². The zero-order chi connectivity index (χ0) is 14.0. The van der Waals surface area contributed by atoms with Crippen molar-refractivity contribution in [3.05, 3.63) is 33.9 Å². The predicted octanol–water partition coefficient (Wildman–Crippen LogP) is 3.49. The fourth-order valence-corrected chi connectivity index (χ4v) is 2.77. The summed E-state index contributed by atoms with van der Waals surface area (Å²) in [5.41, 5.74) is 4.71. The minimum Gasteiger partial charge on any atom is -0.312 e. The van der Waals surface area contributed by atoms with Crippen molar-refractivity contribution in [1.29, 1.82) is 0 Å². The molecule has 1 heterocycles. The summed E-state index contributed by atoms with van der Waals surface area (Å²) in [6.45, 7) is 6.08. The molecule has 5 heteroatoms. The van der Waals surface area contributed by atoms with E-state index in [1.54, 1.807) is 19.1 Å². The van der Waals surface area contributed by atoms with Crippen LogP contribution in [0.3, 0.4) is 0 Å². The van der Waals surface area contributed by atoms with Crippen LogP contribution in [0.4, 0.5) is 11.4 Å². The number of benzene rings is 1. The Morgan fingerprint density at radius 3 is 2.53 bits per heavy atom. The summed E-state index contributed by atoms with van der Waals surface area (Å²) >= 11 is 0. The lowest BCUT2D eigenvalue weighted by atomic mass is 10.00. The van der Waals surface area contributed by atoms with Crippen molar-refractivity contribution in [3.63, 3.8) is 0 Å². The van der Waals surface area contributed by atoms with Gasteiger partial charge in [-0.3, -0.25) is 10.1 Å². The number of nitro benzene ring substituents is 1. The molecule has 2 rings (SSSR count). The van der Waals surface area contributed by atoms with Crippen LogP contribution < -0.4 is 5.43 Å². The third-order valence-corrected chi connectivity index (χ3v) is 3.86. The number of piperidine rings is 1. The summed E-state index contributed by atoms with van der Waals surface area (Å²) in [5.74, 6) is 0. The number of nitro groups is 1. The van der Waals surface area contributed by atoms with Crippen molar-refractivity contribution in [2.75, 3.05) is 5.43 Å². The first-order valence-corrected chi connectivity index (χ1v) is 6.79. The molecule has 5 nitrogen and oxygen atoms in total. The Kier molecular flexibility index (Phi) is 4.04. The molecule has 0 aromatic heterocycles. The third kappa shape index (κ3) is 2.87. The lowest BCUT2D eigenvalue weighted by Crippen LogP contribution is -2.47. The van der Waals surface area contributed by atoms with Gasteiger partial charge in [-0.15, -0.1) is 0 Å². The molecule has 1 saturated heterocycles. The van der Waals surface area contributed by atoms with Gasteiger partial charge in [0.1, 0.15) is 5.69 Å². The van der Waals surface area contributed by atoms with E-state index in [9.17, 15) is 10.1 Å². The minimum absolute atomic E-state index is 0.174. The maximum absolute atomic E-state index is 11.2. The highest BCUT2D eigenvalue weighted by Gasteiger charge is 2.27. The summed E-state index contributed by atoms with van der Waals surface area (Å²) in [5, 5.41) is 13.3. The van der Waals surface area contributed by atoms with Gasteiger partial charge in [0.15, 0.2) is 0 Å². The number of hydrazine groups is 1. The van der Waals surface area contributed by atoms with Crippen LogP contribution in [0.5, 0.6) is 0 Å². The van der Waals surface area contributed by atoms with E-state index in [0.29, 0.717) is 23.3 Å². The highest BCUT2D eigenvalue weighted by atomic mass is 16.6. The molecule has 0 spiro atoms. The van der Waals surface area contributed by atoms with E-state index < -0.39 is 0 Å². The van der Waals surface area contributed by atoms with E-state index in [2.05, 4.69) is 24.3 Å². The number of nitrogens with zero attached hydrogens (tertiary/aromatic N) is 2. The molecule has 1 fully saturated rings. The maximum atomic E-state index is 11.2. The molecule has 0 amide bonds. The van der Waals surface area contributed by atoms with Crippen molar-refractivity contribution >= 4 is 11.4 Å². The summed E-state index contributed by atoms with van der Waals surface area (Å²) < 4.78 is 0. The van der Waals surface area contributed by atoms with Gasteiger partial charge in [-0.05, 0) is 39.7 Å². The van der Waals surface area contributed by atoms with Crippen LogP contribution in [-0.2, 0) is 0 Å². The van der Waals surface area contributed by atoms with Crippen LogP contribution in [-0.4, -0.2) is 22.0 Å². The summed E-state index contributed by atoms with van der Waals surface area (Å²) in [4.78, 5) is 10.9. The molecular weight excluding hydrogens is 242 g/mol. The molecule has 0 bridgehead atoms. The Hall–Kier alpha value is -1.62. The normalized spacial score (nSPS) is 24.2. The predicted molar refractivity (Wildman–Crippen MR) is 76.1 cm³/mol. The number of rotatable bonds is 3. The first kappa shape index (κ1) is 13.8. The molecule has 1 aliphatic rings. The van der Waals surface area contributed by atoms with E-state index in [-0.39, 0.29) is 10.6 Å². The second-order valence-corrected chi connectivity index (χ2v) is 5.38. The van der Waals surface area contributed by atoms with E-state index in [1.165, 1.54) is 6.42 Å². The molecule has 1 aliphatic heterocycles. The summed E-state index contributed by atoms with van der Waals surface area (Å²) in [7, 11) is 0. The van der Waals surface area contributed by atoms with E-state index in [1.807, 2.05) is 6.07 Å². The third-order valence-electron chi connectivity index (χ3n) is 3.86. The second kappa shape index (κ2) is 5.57. The fraction of sp³-hybridized carbons (Fsp3) is 0.571. The Bertz CT molecular complexity index is 466. The van der Waals surface area contributed by atoms with Gasteiger partial charge in [0, 0.05) is 17.6 Å². The molecule has 0 aliphatic carbocycles. The Morgan fingerprint density at radius 2 is 1.95 bits per heavy atom. The molecule has 1 aromatic carbocycles. The number of para-hydroxylation sites is 1. The molecule has 1 N–H and O–H groups in total. The van der Waals surface area contributed by atoms with Gasteiger partial charge in [-0.25, -0.2) is 5.01 Å². The van der Waals surface area contributed by atoms with Gasteiger partial charge in [-0.1, -0.05) is 18.6 Å². The van der Waals surface area contributed by atoms with Gasteiger partial charge in [-0.2, -0.15) is 0 Å². The molecule has 2 atom stereocenters. The minimum atomic E-state index is -0.309. The lowest BCUT2D eigenvalue weighted by molar-refractivity contribution is -0.384. The summed E-state index contributed by atoms with van der Waals surface area (Å²) in [6.07, 6.45) is 3.46. The van der Waals surface area contributed by atoms with E-state index >= 15 is 0 Å². The maximum Gasteiger partial charge on any atom is 0.296 e. The number of hydrogen-bond acceptors (Lipinski definition) is 4. The molecule has 19 heavy (non-hydrogen) atoms. The average Bonchev–Trinajstić information content (AvgIpc) is 2.33. The smallest absolute Gasteiger partial charge is 0.296 e. The fourth-order valence-electron chi connectivity index (χ4n) is 2.77. The first-order valence-electron chi connectivity index (χ1n) is 6.79. The van der Waals surface area contributed by atoms with Crippen molar-refractivity contribution in [3.8, 4) is 0 Å². The van der Waals surface area contributed by atoms with Crippen molar-refractivity contribution in [2.45, 2.75) is 52.1 Å². The second-order valence-electron chi connectivity index (χ2n) is 5.38. The van der Waals surface area contributed by atoms with Crippen LogP contribution in [0.1, 0.15) is 38.7 Å². The highest BCUT2D eigenvalue weighted by molar-refractivity contribution is 5.64. The Balaban J connectivity index is 2.27. The van der Waals surface area contributed by atoms with E-state index in [4.69, 9.17) is 0 Å². The van der Waals surface area contributed by atoms with Gasteiger partial charge >= 0.3 is 0 Å². The van der Waals surface area contributed by atoms with Gasteiger partial charge in [0.05, 0.1) is 4.92 Å². The van der Waals surface area contributed by atoms with Crippen LogP contribution in [0.25, 0.3) is 0 Å². The summed E-state index contributed by atoms with van der Waals surface area (Å²) in [6, 6.07) is 6.18. The molecule has 0 saturated carbocycles. The zero-order valence-corrected chi connectivity index (χ0v) is 11.7. The highest BCUT2D eigenvalue weighted by Crippen LogP contribution is 2.31. The standard InChI is InChI=1S/C14H21N3O2/c1-10-6-4-9-13(14(10)17(18)19)15-16-11(2)7-5-8-12(16)3/h4,6,9,11-12,15H,5,7-8H2,1-3H3. The van der Waals surface area contributed by atoms with E-state index in [0.717, 1.165) is 12.8 Å². The Labute approximate surface area is 113 Å². The number of aryl methyl sites for hydroxylation is 1. The van der Waals surface area contributed by atoms with Crippen molar-refractivity contribution in [2.24, 2.45) is 0 Å². The number of nitrogens with one attached hydrogen (secondary N) is 1. The molecular formula is C14H21N3O2. The van der Waals surface area contributed by atoms with Crippen LogP contribution in [0.15, 0.2) is 18.2 Å². The topological polar surface area (TPSA) is 58.4 Å². The monoisotopic (exact) mass is 263 g/mol. The first-order chi connectivity index (χ1) is 9.00. The number of hydrogen-bond donors (Lipinski definition) is 1. The Morgan fingerprint density at radius 1 is 1.32 bits per heavy atom. The molecule has 2 unspecified atom stereocenters. The molecule has 0 radical (unpaired) electrons. The van der Waals surface area contributed by atoms with Crippen molar-refractivity contribution in [1.82, 2.24) is 5.01 Å². The van der Waals surface area contributed by atoms with Gasteiger partial charge in [0.2, 0.25) is 0 Å². The SMILES string of the molecule is Cc1cccc(NN2C(C)CCCC2C)c1[N+](=O)[O-]. The van der Waals surface area contributed by atoms with Crippen LogP contribution in [0.2, 0.25) is 0 Å². The molecule has 104 valence electrons. The average molecular weight is 263 g/mol. The lowest BCUT2D eigenvalue weighted by Gasteiger charge is -2.39. The van der Waals surface area contributed by atoms with Crippen LogP contribution >= 0.6 is 0 Å².